The van der Waals surface area contributed by atoms with Gasteiger partial charge in [-0.05, 0) is 17.7 Å². The van der Waals surface area contributed by atoms with Crippen molar-refractivity contribution in [1.82, 2.24) is 15.3 Å². The van der Waals surface area contributed by atoms with Crippen LogP contribution in [0.3, 0.4) is 0 Å². The first kappa shape index (κ1) is 15.1. The van der Waals surface area contributed by atoms with Crippen molar-refractivity contribution in [3.63, 3.8) is 0 Å². The molecule has 1 aromatic heterocycles. The molecule has 1 aromatic carbocycles. The number of piperazine rings is 1. The maximum absolute atomic E-state index is 12.4. The van der Waals surface area contributed by atoms with Crippen LogP contribution < -0.4 is 21.5 Å². The molecule has 3 rings (SSSR count). The third kappa shape index (κ3) is 2.90. The number of nitrogens with zero attached hydrogens (tertiary/aromatic N) is 2. The molecule has 22 heavy (non-hydrogen) atoms. The molecule has 0 spiro atoms. The molecule has 6 nitrogen and oxygen atoms in total. The summed E-state index contributed by atoms with van der Waals surface area (Å²) in [7, 11) is 0. The minimum Gasteiger partial charge on any atom is -0.383 e. The van der Waals surface area contributed by atoms with Gasteiger partial charge in [-0.25, -0.2) is 0 Å². The second kappa shape index (κ2) is 6.16. The molecule has 1 aliphatic rings. The number of benzene rings is 1. The molecule has 4 N–H and O–H groups in total. The van der Waals surface area contributed by atoms with Crippen LogP contribution in [0.25, 0.3) is 11.1 Å². The third-order valence-electron chi connectivity index (χ3n) is 3.56. The van der Waals surface area contributed by atoms with Gasteiger partial charge in [-0.1, -0.05) is 29.3 Å². The van der Waals surface area contributed by atoms with Crippen LogP contribution in [0.15, 0.2) is 23.0 Å². The Balaban J connectivity index is 2.02. The van der Waals surface area contributed by atoms with Gasteiger partial charge in [-0.3, -0.25) is 9.78 Å². The smallest absolute Gasteiger partial charge is 0.262 e. The second-order valence-corrected chi connectivity index (χ2v) is 5.83. The first-order valence-corrected chi connectivity index (χ1v) is 7.63. The lowest BCUT2D eigenvalue weighted by Gasteiger charge is -2.28. The maximum Gasteiger partial charge on any atom is 0.262 e. The zero-order valence-corrected chi connectivity index (χ0v) is 13.2. The first-order valence-electron chi connectivity index (χ1n) is 6.87. The lowest BCUT2D eigenvalue weighted by Crippen LogP contribution is -2.44. The summed E-state index contributed by atoms with van der Waals surface area (Å²) in [5, 5.41) is 4.03. The highest BCUT2D eigenvalue weighted by Gasteiger charge is 2.17. The predicted molar refractivity (Wildman–Crippen MR) is 89.8 cm³/mol. The Morgan fingerprint density at radius 2 is 1.91 bits per heavy atom. The van der Waals surface area contributed by atoms with Gasteiger partial charge >= 0.3 is 0 Å². The molecule has 2 aromatic rings. The van der Waals surface area contributed by atoms with E-state index in [1.807, 2.05) is 4.90 Å². The lowest BCUT2D eigenvalue weighted by atomic mass is 10.1. The van der Waals surface area contributed by atoms with E-state index >= 15 is 0 Å². The molecule has 2 heterocycles. The zero-order chi connectivity index (χ0) is 15.7. The number of hydrogen-bond donors (Lipinski definition) is 3. The monoisotopic (exact) mass is 339 g/mol. The van der Waals surface area contributed by atoms with Gasteiger partial charge in [0.1, 0.15) is 5.82 Å². The average Bonchev–Trinajstić information content (AvgIpc) is 2.51. The maximum atomic E-state index is 12.4. The highest BCUT2D eigenvalue weighted by atomic mass is 35.5. The topological polar surface area (TPSA) is 87.0 Å². The number of nitrogens with one attached hydrogen (secondary N) is 2. The molecule has 1 saturated heterocycles. The van der Waals surface area contributed by atoms with E-state index in [0.29, 0.717) is 27.1 Å². The summed E-state index contributed by atoms with van der Waals surface area (Å²) in [5.41, 5.74) is 6.60. The standard InChI is InChI=1S/C14H15Cl2N5O/c15-9-2-1-8(7-10(9)16)11-12(17)19-14(20-13(11)22)21-5-3-18-4-6-21/h1-2,7,18H,3-6H2,(H3,17,19,20,22). The van der Waals surface area contributed by atoms with Crippen LogP contribution >= 0.6 is 23.2 Å². The molecule has 0 saturated carbocycles. The molecule has 0 amide bonds. The Morgan fingerprint density at radius 1 is 1.18 bits per heavy atom. The largest absolute Gasteiger partial charge is 0.383 e. The zero-order valence-electron chi connectivity index (χ0n) is 11.7. The van der Waals surface area contributed by atoms with Gasteiger partial charge in [0.2, 0.25) is 5.95 Å². The van der Waals surface area contributed by atoms with Crippen molar-refractivity contribution in [2.45, 2.75) is 0 Å². The highest BCUT2D eigenvalue weighted by molar-refractivity contribution is 6.42. The Hall–Kier alpha value is -1.76. The van der Waals surface area contributed by atoms with E-state index in [0.717, 1.165) is 26.2 Å². The van der Waals surface area contributed by atoms with Crippen LogP contribution in [0.2, 0.25) is 10.0 Å². The number of H-pyrrole nitrogens is 1. The van der Waals surface area contributed by atoms with E-state index in [-0.39, 0.29) is 11.4 Å². The SMILES string of the molecule is Nc1nc(N2CCNCC2)[nH]c(=O)c1-c1ccc(Cl)c(Cl)c1. The van der Waals surface area contributed by atoms with Crippen molar-refractivity contribution in [2.24, 2.45) is 0 Å². The number of anilines is 2. The number of nitrogens with two attached hydrogens (primary N) is 1. The summed E-state index contributed by atoms with van der Waals surface area (Å²) in [4.78, 5) is 21.5. The highest BCUT2D eigenvalue weighted by Crippen LogP contribution is 2.29. The number of aromatic amines is 1. The summed E-state index contributed by atoms with van der Waals surface area (Å²) in [5.74, 6) is 0.670. The van der Waals surface area contributed by atoms with Gasteiger partial charge in [-0.2, -0.15) is 4.98 Å². The van der Waals surface area contributed by atoms with Crippen LogP contribution in [-0.4, -0.2) is 36.1 Å². The summed E-state index contributed by atoms with van der Waals surface area (Å²) in [6.45, 7) is 3.24. The van der Waals surface area contributed by atoms with Crippen LogP contribution in [0.5, 0.6) is 0 Å². The van der Waals surface area contributed by atoms with E-state index in [1.165, 1.54) is 0 Å². The average molecular weight is 340 g/mol. The van der Waals surface area contributed by atoms with Crippen molar-refractivity contribution in [2.75, 3.05) is 36.8 Å². The Morgan fingerprint density at radius 3 is 2.55 bits per heavy atom. The van der Waals surface area contributed by atoms with Gasteiger partial charge in [-0.15, -0.1) is 0 Å². The van der Waals surface area contributed by atoms with Crippen molar-refractivity contribution in [3.05, 3.63) is 38.6 Å². The number of hydrogen-bond acceptors (Lipinski definition) is 5. The molecular formula is C14H15Cl2N5O. The summed E-state index contributed by atoms with van der Waals surface area (Å²) < 4.78 is 0. The molecule has 0 atom stereocenters. The Kier molecular flexibility index (Phi) is 4.24. The van der Waals surface area contributed by atoms with Crippen molar-refractivity contribution >= 4 is 35.0 Å². The van der Waals surface area contributed by atoms with E-state index in [1.54, 1.807) is 18.2 Å². The minimum absolute atomic E-state index is 0.177. The van der Waals surface area contributed by atoms with E-state index in [2.05, 4.69) is 15.3 Å². The summed E-state index contributed by atoms with van der Waals surface area (Å²) >= 11 is 11.9. The van der Waals surface area contributed by atoms with Crippen LogP contribution in [0, 0.1) is 0 Å². The normalized spacial score (nSPS) is 15.1. The predicted octanol–water partition coefficient (Wildman–Crippen LogP) is 1.74. The summed E-state index contributed by atoms with van der Waals surface area (Å²) in [6.07, 6.45) is 0. The van der Waals surface area contributed by atoms with E-state index in [4.69, 9.17) is 28.9 Å². The fourth-order valence-corrected chi connectivity index (χ4v) is 2.73. The number of rotatable bonds is 2. The number of halogens is 2. The van der Waals surface area contributed by atoms with Crippen LogP contribution in [0.4, 0.5) is 11.8 Å². The second-order valence-electron chi connectivity index (χ2n) is 5.02. The van der Waals surface area contributed by atoms with Gasteiger partial charge in [0, 0.05) is 26.2 Å². The van der Waals surface area contributed by atoms with Crippen molar-refractivity contribution < 1.29 is 0 Å². The fraction of sp³-hybridized carbons (Fsp3) is 0.286. The van der Waals surface area contributed by atoms with Gasteiger partial charge in [0.15, 0.2) is 0 Å². The molecule has 0 radical (unpaired) electrons. The van der Waals surface area contributed by atoms with Crippen molar-refractivity contribution in [3.8, 4) is 11.1 Å². The molecule has 0 unspecified atom stereocenters. The Bertz CT molecular complexity index is 755. The molecule has 0 bridgehead atoms. The summed E-state index contributed by atoms with van der Waals surface area (Å²) in [6, 6.07) is 4.93. The van der Waals surface area contributed by atoms with Crippen molar-refractivity contribution in [1.29, 1.82) is 0 Å². The van der Waals surface area contributed by atoms with Gasteiger partial charge < -0.3 is 16.0 Å². The number of nitrogen functional groups attached to an aromatic ring is 1. The minimum atomic E-state index is -0.292. The Labute approximate surface area is 137 Å². The van der Waals surface area contributed by atoms with E-state index < -0.39 is 0 Å². The number of aromatic nitrogens is 2. The lowest BCUT2D eigenvalue weighted by molar-refractivity contribution is 0.579. The molecule has 116 valence electrons. The molecule has 8 heteroatoms. The quantitative estimate of drug-likeness (QED) is 0.775. The first-order chi connectivity index (χ1) is 10.6. The van der Waals surface area contributed by atoms with Crippen LogP contribution in [-0.2, 0) is 0 Å². The fourth-order valence-electron chi connectivity index (χ4n) is 2.44. The molecule has 1 aliphatic heterocycles. The van der Waals surface area contributed by atoms with E-state index in [9.17, 15) is 4.79 Å². The van der Waals surface area contributed by atoms with Crippen LogP contribution in [0.1, 0.15) is 0 Å². The third-order valence-corrected chi connectivity index (χ3v) is 4.30. The van der Waals surface area contributed by atoms with Gasteiger partial charge in [0.05, 0.1) is 15.6 Å². The molecular weight excluding hydrogens is 325 g/mol. The van der Waals surface area contributed by atoms with Gasteiger partial charge in [0.25, 0.3) is 5.56 Å². The molecule has 0 aliphatic carbocycles. The molecule has 1 fully saturated rings.